The van der Waals surface area contributed by atoms with E-state index in [0.29, 0.717) is 11.5 Å². The zero-order valence-corrected chi connectivity index (χ0v) is 12.4. The highest BCUT2D eigenvalue weighted by molar-refractivity contribution is 4.89. The Morgan fingerprint density at radius 2 is 1.94 bits per heavy atom. The average molecular weight is 254 g/mol. The van der Waals surface area contributed by atoms with E-state index in [0.717, 1.165) is 25.7 Å². The number of rotatable bonds is 7. The molecule has 0 aromatic heterocycles. The lowest BCUT2D eigenvalue weighted by Gasteiger charge is -2.42. The fraction of sp³-hybridized carbons (Fsp3) is 1.00. The second kappa shape index (κ2) is 6.36. The topological polar surface area (TPSA) is 24.5 Å². The van der Waals surface area contributed by atoms with Crippen molar-refractivity contribution in [3.8, 4) is 0 Å². The van der Waals surface area contributed by atoms with Crippen molar-refractivity contribution in [2.24, 2.45) is 11.3 Å². The van der Waals surface area contributed by atoms with Gasteiger partial charge in [-0.25, -0.2) is 0 Å². The van der Waals surface area contributed by atoms with Gasteiger partial charge in [-0.15, -0.1) is 0 Å². The van der Waals surface area contributed by atoms with E-state index in [1.54, 1.807) is 0 Å². The molecule has 2 fully saturated rings. The Morgan fingerprint density at radius 3 is 2.44 bits per heavy atom. The Bertz CT molecular complexity index is 239. The van der Waals surface area contributed by atoms with E-state index >= 15 is 0 Å². The van der Waals surface area contributed by atoms with Gasteiger partial charge in [0.2, 0.25) is 0 Å². The maximum absolute atomic E-state index is 5.56. The van der Waals surface area contributed by atoms with Gasteiger partial charge in [0.1, 0.15) is 0 Å². The van der Waals surface area contributed by atoms with Gasteiger partial charge in [-0.05, 0) is 57.9 Å². The van der Waals surface area contributed by atoms with E-state index in [1.807, 2.05) is 0 Å². The molecule has 0 amide bonds. The first kappa shape index (κ1) is 14.3. The molecule has 1 aliphatic carbocycles. The summed E-state index contributed by atoms with van der Waals surface area (Å²) in [6.07, 6.45) is 5.32. The summed E-state index contributed by atoms with van der Waals surface area (Å²) in [4.78, 5) is 2.71. The first-order chi connectivity index (χ1) is 8.65. The normalized spacial score (nSPS) is 23.8. The second-order valence-electron chi connectivity index (χ2n) is 6.61. The van der Waals surface area contributed by atoms with Gasteiger partial charge in [-0.1, -0.05) is 0 Å². The van der Waals surface area contributed by atoms with Crippen LogP contribution in [0.25, 0.3) is 0 Å². The van der Waals surface area contributed by atoms with Crippen molar-refractivity contribution >= 4 is 0 Å². The molecule has 1 N–H and O–H groups in total. The van der Waals surface area contributed by atoms with Crippen LogP contribution in [0.3, 0.4) is 0 Å². The Morgan fingerprint density at radius 1 is 1.28 bits per heavy atom. The van der Waals surface area contributed by atoms with Crippen LogP contribution in [0.2, 0.25) is 0 Å². The first-order valence-corrected chi connectivity index (χ1v) is 7.62. The number of hydrogen-bond acceptors (Lipinski definition) is 3. The molecule has 1 heterocycles. The SMILES string of the molecule is CNCC1(CN(CC2CC2)C(C)C)CCOCC1. The summed E-state index contributed by atoms with van der Waals surface area (Å²) < 4.78 is 5.56. The van der Waals surface area contributed by atoms with Crippen molar-refractivity contribution in [1.29, 1.82) is 0 Å². The predicted molar refractivity (Wildman–Crippen MR) is 75.8 cm³/mol. The van der Waals surface area contributed by atoms with E-state index in [9.17, 15) is 0 Å². The van der Waals surface area contributed by atoms with Crippen molar-refractivity contribution < 1.29 is 4.74 Å². The summed E-state index contributed by atoms with van der Waals surface area (Å²) in [7, 11) is 2.08. The summed E-state index contributed by atoms with van der Waals surface area (Å²) in [5.41, 5.74) is 0.437. The summed E-state index contributed by atoms with van der Waals surface area (Å²) in [5, 5.41) is 3.41. The highest BCUT2D eigenvalue weighted by Crippen LogP contribution is 2.35. The monoisotopic (exact) mass is 254 g/mol. The van der Waals surface area contributed by atoms with Crippen molar-refractivity contribution in [1.82, 2.24) is 10.2 Å². The molecule has 2 rings (SSSR count). The number of nitrogens with zero attached hydrogens (tertiary/aromatic N) is 1. The lowest BCUT2D eigenvalue weighted by atomic mass is 9.79. The van der Waals surface area contributed by atoms with E-state index in [2.05, 4.69) is 31.1 Å². The van der Waals surface area contributed by atoms with Gasteiger partial charge in [-0.3, -0.25) is 0 Å². The van der Waals surface area contributed by atoms with Crippen LogP contribution in [0.1, 0.15) is 39.5 Å². The molecule has 106 valence electrons. The van der Waals surface area contributed by atoms with Crippen molar-refractivity contribution in [2.75, 3.05) is 39.9 Å². The number of nitrogens with one attached hydrogen (secondary N) is 1. The van der Waals surface area contributed by atoms with Crippen molar-refractivity contribution in [3.05, 3.63) is 0 Å². The zero-order chi connectivity index (χ0) is 13.0. The van der Waals surface area contributed by atoms with Gasteiger partial charge in [-0.2, -0.15) is 0 Å². The van der Waals surface area contributed by atoms with Crippen LogP contribution >= 0.6 is 0 Å². The van der Waals surface area contributed by atoms with Crippen LogP contribution in [0.5, 0.6) is 0 Å². The van der Waals surface area contributed by atoms with Crippen LogP contribution in [0.4, 0.5) is 0 Å². The largest absolute Gasteiger partial charge is 0.381 e. The van der Waals surface area contributed by atoms with Crippen molar-refractivity contribution in [3.63, 3.8) is 0 Å². The standard InChI is InChI=1S/C15H30N2O/c1-13(2)17(10-14-4-5-14)12-15(11-16-3)6-8-18-9-7-15/h13-14,16H,4-12H2,1-3H3. The van der Waals surface area contributed by atoms with Crippen LogP contribution in [-0.2, 0) is 4.74 Å². The third-order valence-electron chi connectivity index (χ3n) is 4.56. The van der Waals surface area contributed by atoms with Crippen LogP contribution in [0, 0.1) is 11.3 Å². The molecule has 2 aliphatic rings. The van der Waals surface area contributed by atoms with E-state index in [-0.39, 0.29) is 0 Å². The highest BCUT2D eigenvalue weighted by atomic mass is 16.5. The highest BCUT2D eigenvalue weighted by Gasteiger charge is 2.36. The molecule has 0 spiro atoms. The molecule has 0 bridgehead atoms. The lowest BCUT2D eigenvalue weighted by Crippen LogP contribution is -2.49. The Hall–Kier alpha value is -0.120. The first-order valence-electron chi connectivity index (χ1n) is 7.62. The molecule has 0 atom stereocenters. The minimum atomic E-state index is 0.437. The van der Waals surface area contributed by atoms with E-state index < -0.39 is 0 Å². The maximum Gasteiger partial charge on any atom is 0.0472 e. The van der Waals surface area contributed by atoms with Crippen LogP contribution in [0.15, 0.2) is 0 Å². The Labute approximate surface area is 112 Å². The third kappa shape index (κ3) is 3.94. The van der Waals surface area contributed by atoms with Gasteiger partial charge in [0.25, 0.3) is 0 Å². The molecule has 0 radical (unpaired) electrons. The predicted octanol–water partition coefficient (Wildman–Crippen LogP) is 2.12. The maximum atomic E-state index is 5.56. The summed E-state index contributed by atoms with van der Waals surface area (Å²) in [6, 6.07) is 0.669. The van der Waals surface area contributed by atoms with Crippen LogP contribution < -0.4 is 5.32 Å². The molecular weight excluding hydrogens is 224 g/mol. The minimum Gasteiger partial charge on any atom is -0.381 e. The van der Waals surface area contributed by atoms with Gasteiger partial charge in [0, 0.05) is 38.9 Å². The molecule has 0 unspecified atom stereocenters. The van der Waals surface area contributed by atoms with E-state index in [4.69, 9.17) is 4.74 Å². The summed E-state index contributed by atoms with van der Waals surface area (Å²) in [6.45, 7) is 10.2. The molecule has 3 heteroatoms. The fourth-order valence-corrected chi connectivity index (χ4v) is 3.09. The van der Waals surface area contributed by atoms with Gasteiger partial charge in [0.15, 0.2) is 0 Å². The number of hydrogen-bond donors (Lipinski definition) is 1. The van der Waals surface area contributed by atoms with Crippen LogP contribution in [-0.4, -0.2) is 50.8 Å². The molecule has 1 saturated carbocycles. The smallest absolute Gasteiger partial charge is 0.0472 e. The van der Waals surface area contributed by atoms with Crippen molar-refractivity contribution in [2.45, 2.75) is 45.6 Å². The van der Waals surface area contributed by atoms with E-state index in [1.165, 1.54) is 38.8 Å². The molecular formula is C15H30N2O. The molecule has 1 saturated heterocycles. The molecule has 0 aromatic rings. The lowest BCUT2D eigenvalue weighted by molar-refractivity contribution is -0.00947. The van der Waals surface area contributed by atoms with Gasteiger partial charge >= 0.3 is 0 Å². The average Bonchev–Trinajstić information content (AvgIpc) is 3.13. The Balaban J connectivity index is 1.95. The molecule has 1 aliphatic heterocycles. The summed E-state index contributed by atoms with van der Waals surface area (Å²) in [5.74, 6) is 0.985. The zero-order valence-electron chi connectivity index (χ0n) is 12.4. The molecule has 3 nitrogen and oxygen atoms in total. The fourth-order valence-electron chi connectivity index (χ4n) is 3.09. The number of ether oxygens (including phenoxy) is 1. The molecule has 18 heavy (non-hydrogen) atoms. The second-order valence-corrected chi connectivity index (χ2v) is 6.61. The van der Waals surface area contributed by atoms with Gasteiger partial charge in [0.05, 0.1) is 0 Å². The summed E-state index contributed by atoms with van der Waals surface area (Å²) >= 11 is 0. The minimum absolute atomic E-state index is 0.437. The third-order valence-corrected chi connectivity index (χ3v) is 4.56. The quantitative estimate of drug-likeness (QED) is 0.753. The van der Waals surface area contributed by atoms with Gasteiger partial charge < -0.3 is 15.0 Å². The molecule has 0 aromatic carbocycles. The Kier molecular flexibility index (Phi) is 5.05.